The van der Waals surface area contributed by atoms with Crippen molar-refractivity contribution < 1.29 is 53.6 Å². The fourth-order valence-electron chi connectivity index (χ4n) is 4.22. The summed E-state index contributed by atoms with van der Waals surface area (Å²) in [7, 11) is -3.64. The van der Waals surface area contributed by atoms with Crippen LogP contribution in [0.25, 0.3) is 0 Å². The summed E-state index contributed by atoms with van der Waals surface area (Å²) in [5, 5.41) is 6.05. The second-order valence-electron chi connectivity index (χ2n) is 9.19. The summed E-state index contributed by atoms with van der Waals surface area (Å²) in [5.74, 6) is -2.20. The van der Waals surface area contributed by atoms with Crippen LogP contribution in [0.3, 0.4) is 0 Å². The first-order valence-corrected chi connectivity index (χ1v) is 13.9. The van der Waals surface area contributed by atoms with E-state index in [-0.39, 0.29) is 41.6 Å². The Kier molecular flexibility index (Phi) is 7.75. The van der Waals surface area contributed by atoms with E-state index < -0.39 is 67.8 Å². The molecule has 0 aliphatic carbocycles. The Morgan fingerprint density at radius 3 is 2.40 bits per heavy atom. The van der Waals surface area contributed by atoms with E-state index in [0.717, 1.165) is 10.7 Å². The van der Waals surface area contributed by atoms with E-state index in [1.165, 1.54) is 25.1 Å². The first-order valence-electron chi connectivity index (χ1n) is 11.2. The van der Waals surface area contributed by atoms with Crippen LogP contribution in [0.2, 0.25) is 0 Å². The van der Waals surface area contributed by atoms with Crippen molar-refractivity contribution in [1.29, 1.82) is 0 Å². The van der Waals surface area contributed by atoms with Gasteiger partial charge in [-0.3, -0.25) is 9.63 Å². The van der Waals surface area contributed by atoms with Crippen molar-refractivity contribution >= 4 is 37.6 Å². The van der Waals surface area contributed by atoms with Gasteiger partial charge < -0.3 is 10.2 Å². The molecule has 218 valence electrons. The molecule has 2 aromatic carbocycles. The number of hydroxylamine groups is 1. The van der Waals surface area contributed by atoms with Gasteiger partial charge in [0.2, 0.25) is 10.0 Å². The van der Waals surface area contributed by atoms with Gasteiger partial charge in [0.1, 0.15) is 5.82 Å². The number of aryl methyl sites for hydroxylation is 1. The normalized spacial score (nSPS) is 22.2. The largest absolute Gasteiger partial charge is 0.435 e. The lowest BCUT2D eigenvalue weighted by molar-refractivity contribution is -0.277. The van der Waals surface area contributed by atoms with Crippen LogP contribution in [0.5, 0.6) is 0 Å². The quantitative estimate of drug-likeness (QED) is 0.465. The van der Waals surface area contributed by atoms with E-state index in [1.54, 1.807) is 0 Å². The lowest BCUT2D eigenvalue weighted by atomic mass is 9.85. The number of amides is 1. The minimum atomic E-state index is -5.37. The number of alkyl halides is 6. The number of carbonyl (C=O) groups excluding carboxylic acids is 1. The molecule has 8 nitrogen and oxygen atoms in total. The van der Waals surface area contributed by atoms with Crippen molar-refractivity contribution in [3.05, 3.63) is 68.4 Å². The first-order chi connectivity index (χ1) is 18.3. The Morgan fingerprint density at radius 2 is 1.85 bits per heavy atom. The Balaban J connectivity index is 1.60. The smallest absolute Gasteiger partial charge is 0.374 e. The molecule has 0 saturated carbocycles. The van der Waals surface area contributed by atoms with Crippen LogP contribution in [0.15, 0.2) is 40.0 Å². The average molecular weight is 662 g/mol. The van der Waals surface area contributed by atoms with Crippen molar-refractivity contribution in [3.8, 4) is 0 Å². The molecule has 1 N–H and O–H groups in total. The van der Waals surface area contributed by atoms with Gasteiger partial charge >= 0.3 is 12.4 Å². The Morgan fingerprint density at radius 1 is 1.18 bits per heavy atom. The summed E-state index contributed by atoms with van der Waals surface area (Å²) in [5.41, 5.74) is -6.35. The molecule has 0 aromatic heterocycles. The van der Waals surface area contributed by atoms with Crippen LogP contribution in [-0.4, -0.2) is 56.1 Å². The molecule has 2 aliphatic rings. The highest BCUT2D eigenvalue weighted by molar-refractivity contribution is 9.10. The van der Waals surface area contributed by atoms with Crippen molar-refractivity contribution in [1.82, 2.24) is 9.79 Å². The van der Waals surface area contributed by atoms with Gasteiger partial charge in [0.15, 0.2) is 0 Å². The molecule has 1 saturated heterocycles. The van der Waals surface area contributed by atoms with Crippen molar-refractivity contribution in [2.75, 3.05) is 19.4 Å². The minimum absolute atomic E-state index is 0.0440. The number of sulfonamides is 1. The van der Waals surface area contributed by atoms with Crippen molar-refractivity contribution in [3.63, 3.8) is 0 Å². The number of hydrogen-bond acceptors (Lipinski definition) is 6. The molecular weight excluding hydrogens is 643 g/mol. The number of benzene rings is 2. The molecular formula is C23H19BrF7N3O5S. The molecule has 1 amide bonds. The van der Waals surface area contributed by atoms with E-state index in [4.69, 9.17) is 9.68 Å². The number of rotatable bonds is 5. The highest BCUT2D eigenvalue weighted by atomic mass is 79.9. The third-order valence-corrected chi connectivity index (χ3v) is 7.85. The molecule has 0 radical (unpaired) electrons. The van der Waals surface area contributed by atoms with E-state index >= 15 is 0 Å². The number of carbonyl (C=O) groups is 1. The van der Waals surface area contributed by atoms with E-state index in [1.807, 2.05) is 0 Å². The van der Waals surface area contributed by atoms with Gasteiger partial charge in [0, 0.05) is 11.1 Å². The number of halogens is 8. The van der Waals surface area contributed by atoms with Gasteiger partial charge in [-0.2, -0.15) is 26.3 Å². The maximum absolute atomic E-state index is 14.9. The van der Waals surface area contributed by atoms with Gasteiger partial charge in [-0.15, -0.1) is 0 Å². The lowest BCUT2D eigenvalue weighted by Gasteiger charge is -2.30. The summed E-state index contributed by atoms with van der Waals surface area (Å²) in [4.78, 5) is 22.5. The molecule has 0 unspecified atom stereocenters. The van der Waals surface area contributed by atoms with Crippen LogP contribution in [-0.2, 0) is 31.5 Å². The van der Waals surface area contributed by atoms with Gasteiger partial charge in [0.25, 0.3) is 11.5 Å². The minimum Gasteiger partial charge on any atom is -0.374 e. The number of nitrogens with zero attached hydrogens (tertiary/aromatic N) is 2. The number of nitrogens with one attached hydrogen (secondary N) is 1. The number of hydrogen-bond donors (Lipinski definition) is 1. The van der Waals surface area contributed by atoms with Crippen molar-refractivity contribution in [2.24, 2.45) is 5.16 Å². The van der Waals surface area contributed by atoms with Crippen LogP contribution in [0.4, 0.5) is 30.7 Å². The summed E-state index contributed by atoms with van der Waals surface area (Å²) >= 11 is 2.55. The first kappa shape index (κ1) is 30.2. The molecule has 2 atom stereocenters. The monoisotopic (exact) mass is 661 g/mol. The topological polar surface area (TPSA) is 97.3 Å². The van der Waals surface area contributed by atoms with E-state index in [9.17, 15) is 43.9 Å². The summed E-state index contributed by atoms with van der Waals surface area (Å²) in [6, 6.07) is 3.55. The summed E-state index contributed by atoms with van der Waals surface area (Å²) < 4.78 is 121. The predicted octanol–water partition coefficient (Wildman–Crippen LogP) is 4.80. The SMILES string of the molecule is Cc1cc(C2=NO[C@](c3cc(C(F)(F)F)cc(Br)c3F)(C(F)(F)F)C2)ccc1C(=O)N[C@H]1CON(S(C)(=O)=O)C1. The molecule has 2 heterocycles. The van der Waals surface area contributed by atoms with Crippen LogP contribution >= 0.6 is 15.9 Å². The zero-order valence-corrected chi connectivity index (χ0v) is 22.9. The highest BCUT2D eigenvalue weighted by Crippen LogP contribution is 2.51. The third-order valence-electron chi connectivity index (χ3n) is 6.28. The van der Waals surface area contributed by atoms with Gasteiger partial charge in [-0.05, 0) is 58.2 Å². The van der Waals surface area contributed by atoms with Crippen LogP contribution in [0.1, 0.15) is 39.0 Å². The molecule has 2 aromatic rings. The Bertz CT molecular complexity index is 1500. The molecule has 0 spiro atoms. The van der Waals surface area contributed by atoms with Crippen LogP contribution in [0, 0.1) is 12.7 Å². The summed E-state index contributed by atoms with van der Waals surface area (Å²) in [6.07, 6.45) is -10.7. The van der Waals surface area contributed by atoms with Gasteiger partial charge in [-0.25, -0.2) is 12.8 Å². The molecule has 0 bridgehead atoms. The van der Waals surface area contributed by atoms with E-state index in [0.29, 0.717) is 6.07 Å². The molecule has 40 heavy (non-hydrogen) atoms. The third kappa shape index (κ3) is 5.69. The molecule has 4 rings (SSSR count). The molecule has 2 aliphatic heterocycles. The van der Waals surface area contributed by atoms with Gasteiger partial charge in [0.05, 0.1) is 47.6 Å². The zero-order chi connectivity index (χ0) is 29.8. The second kappa shape index (κ2) is 10.3. The predicted molar refractivity (Wildman–Crippen MR) is 129 cm³/mol. The Hall–Kier alpha value is -2.76. The van der Waals surface area contributed by atoms with Crippen molar-refractivity contribution in [2.45, 2.75) is 37.3 Å². The average Bonchev–Trinajstić information content (AvgIpc) is 3.48. The standard InChI is InChI=1S/C23H19BrF7N3O5S/c1-11-5-12(3-4-15(11)20(35)32-14-9-34(38-10-14)40(2,36)37)18-8-21(39-33-18,23(29,30)31)16-6-13(22(26,27)28)7-17(24)19(16)25/h3-7,14H,8-10H2,1-2H3,(H,32,35)/t14-,21-/m1/s1. The lowest BCUT2D eigenvalue weighted by Crippen LogP contribution is -2.43. The van der Waals surface area contributed by atoms with Crippen LogP contribution < -0.4 is 5.32 Å². The van der Waals surface area contributed by atoms with E-state index in [2.05, 4.69) is 26.4 Å². The fourth-order valence-corrected chi connectivity index (χ4v) is 5.39. The number of oxime groups is 1. The maximum atomic E-state index is 14.9. The Labute approximate surface area is 231 Å². The second-order valence-corrected chi connectivity index (χ2v) is 11.9. The fraction of sp³-hybridized carbons (Fsp3) is 0.391. The zero-order valence-electron chi connectivity index (χ0n) is 20.5. The molecule has 17 heteroatoms. The molecule has 1 fully saturated rings. The maximum Gasteiger partial charge on any atom is 0.435 e. The van der Waals surface area contributed by atoms with Gasteiger partial charge in [-0.1, -0.05) is 15.7 Å². The highest BCUT2D eigenvalue weighted by Gasteiger charge is 2.64. The summed E-state index contributed by atoms with van der Waals surface area (Å²) in [6.45, 7) is 1.24.